The smallest absolute Gasteiger partial charge is 0.187 e. The summed E-state index contributed by atoms with van der Waals surface area (Å²) in [5.74, 6) is 0.697. The van der Waals surface area contributed by atoms with Crippen LogP contribution in [0.1, 0.15) is 16.7 Å². The number of tetrazole rings is 1. The molecule has 2 aromatic carbocycles. The summed E-state index contributed by atoms with van der Waals surface area (Å²) in [7, 11) is 0. The standard InChI is InChI=1S/C16H17N5/c1-10-7-8-13(9-11(10)2)21-16(18-19-20-21)14-5-4-6-15(17)12(14)3/h4-9H,17H2,1-3H3. The Kier molecular flexibility index (Phi) is 3.17. The molecule has 0 unspecified atom stereocenters. The highest BCUT2D eigenvalue weighted by atomic mass is 15.5. The lowest BCUT2D eigenvalue weighted by Crippen LogP contribution is -2.02. The van der Waals surface area contributed by atoms with Gasteiger partial charge in [0.25, 0.3) is 0 Å². The average Bonchev–Trinajstić information content (AvgIpc) is 2.94. The number of anilines is 1. The van der Waals surface area contributed by atoms with Crippen LogP contribution in [0.25, 0.3) is 17.1 Å². The molecule has 0 saturated heterocycles. The van der Waals surface area contributed by atoms with E-state index in [1.54, 1.807) is 4.68 Å². The molecule has 0 aliphatic rings. The van der Waals surface area contributed by atoms with E-state index in [-0.39, 0.29) is 0 Å². The Morgan fingerprint density at radius 2 is 1.81 bits per heavy atom. The summed E-state index contributed by atoms with van der Waals surface area (Å²) in [6.45, 7) is 6.14. The molecule has 0 aliphatic heterocycles. The highest BCUT2D eigenvalue weighted by molar-refractivity contribution is 5.68. The van der Waals surface area contributed by atoms with Crippen molar-refractivity contribution in [3.05, 3.63) is 53.1 Å². The molecule has 0 amide bonds. The Morgan fingerprint density at radius 3 is 2.57 bits per heavy atom. The van der Waals surface area contributed by atoms with Crippen LogP contribution in [0, 0.1) is 20.8 Å². The molecule has 0 aliphatic carbocycles. The van der Waals surface area contributed by atoms with Crippen LogP contribution in [-0.4, -0.2) is 20.2 Å². The van der Waals surface area contributed by atoms with Gasteiger partial charge in [-0.25, -0.2) is 0 Å². The van der Waals surface area contributed by atoms with Crippen molar-refractivity contribution < 1.29 is 0 Å². The van der Waals surface area contributed by atoms with Crippen molar-refractivity contribution >= 4 is 5.69 Å². The summed E-state index contributed by atoms with van der Waals surface area (Å²) in [5, 5.41) is 12.1. The summed E-state index contributed by atoms with van der Waals surface area (Å²) in [6, 6.07) is 11.9. The minimum absolute atomic E-state index is 0.697. The van der Waals surface area contributed by atoms with E-state index in [1.165, 1.54) is 11.1 Å². The first-order chi connectivity index (χ1) is 10.1. The second kappa shape index (κ2) is 5.01. The van der Waals surface area contributed by atoms with Gasteiger partial charge in [0.2, 0.25) is 0 Å². The van der Waals surface area contributed by atoms with Gasteiger partial charge in [-0.05, 0) is 66.1 Å². The molecule has 21 heavy (non-hydrogen) atoms. The second-order valence-corrected chi connectivity index (χ2v) is 5.20. The van der Waals surface area contributed by atoms with Gasteiger partial charge in [-0.3, -0.25) is 0 Å². The van der Waals surface area contributed by atoms with Gasteiger partial charge < -0.3 is 5.73 Å². The normalized spacial score (nSPS) is 10.8. The van der Waals surface area contributed by atoms with Crippen LogP contribution in [0.2, 0.25) is 0 Å². The lowest BCUT2D eigenvalue weighted by molar-refractivity contribution is 0.790. The molecule has 106 valence electrons. The number of nitrogens with two attached hydrogens (primary N) is 1. The number of aryl methyl sites for hydroxylation is 2. The van der Waals surface area contributed by atoms with Crippen LogP contribution < -0.4 is 5.73 Å². The largest absolute Gasteiger partial charge is 0.398 e. The van der Waals surface area contributed by atoms with Crippen LogP contribution in [0.4, 0.5) is 5.69 Å². The topological polar surface area (TPSA) is 69.6 Å². The van der Waals surface area contributed by atoms with E-state index < -0.39 is 0 Å². The maximum Gasteiger partial charge on any atom is 0.187 e. The first-order valence-corrected chi connectivity index (χ1v) is 6.79. The van der Waals surface area contributed by atoms with Crippen LogP contribution in [0.15, 0.2) is 36.4 Å². The Labute approximate surface area is 123 Å². The van der Waals surface area contributed by atoms with Crippen molar-refractivity contribution in [3.8, 4) is 17.1 Å². The van der Waals surface area contributed by atoms with Gasteiger partial charge in [-0.15, -0.1) is 5.10 Å². The fourth-order valence-electron chi connectivity index (χ4n) is 2.28. The number of nitrogen functional groups attached to an aromatic ring is 1. The van der Waals surface area contributed by atoms with Crippen molar-refractivity contribution in [2.24, 2.45) is 0 Å². The summed E-state index contributed by atoms with van der Waals surface area (Å²) >= 11 is 0. The quantitative estimate of drug-likeness (QED) is 0.732. The molecule has 5 heteroatoms. The highest BCUT2D eigenvalue weighted by Crippen LogP contribution is 2.26. The lowest BCUT2D eigenvalue weighted by Gasteiger charge is -2.10. The fraction of sp³-hybridized carbons (Fsp3) is 0.188. The van der Waals surface area contributed by atoms with Crippen molar-refractivity contribution in [1.82, 2.24) is 20.2 Å². The van der Waals surface area contributed by atoms with Crippen molar-refractivity contribution in [1.29, 1.82) is 0 Å². The molecule has 5 nitrogen and oxygen atoms in total. The molecule has 0 radical (unpaired) electrons. The third-order valence-corrected chi connectivity index (χ3v) is 3.82. The zero-order valence-corrected chi connectivity index (χ0v) is 12.3. The van der Waals surface area contributed by atoms with Gasteiger partial charge in [0.1, 0.15) is 0 Å². The van der Waals surface area contributed by atoms with Crippen molar-refractivity contribution in [2.75, 3.05) is 5.73 Å². The molecule has 3 aromatic rings. The van der Waals surface area contributed by atoms with E-state index >= 15 is 0 Å². The Morgan fingerprint density at radius 1 is 1.00 bits per heavy atom. The van der Waals surface area contributed by atoms with Gasteiger partial charge >= 0.3 is 0 Å². The first kappa shape index (κ1) is 13.3. The third kappa shape index (κ3) is 2.27. The maximum atomic E-state index is 5.98. The zero-order valence-electron chi connectivity index (χ0n) is 12.3. The molecule has 0 saturated carbocycles. The molecular formula is C16H17N5. The molecule has 1 aromatic heterocycles. The summed E-state index contributed by atoms with van der Waals surface area (Å²) in [5.41, 5.74) is 12.0. The van der Waals surface area contributed by atoms with Crippen LogP contribution in [-0.2, 0) is 0 Å². The Balaban J connectivity index is 2.17. The molecular weight excluding hydrogens is 262 g/mol. The van der Waals surface area contributed by atoms with E-state index in [0.29, 0.717) is 5.82 Å². The SMILES string of the molecule is Cc1ccc(-n2nnnc2-c2cccc(N)c2C)cc1C. The lowest BCUT2D eigenvalue weighted by atomic mass is 10.1. The summed E-state index contributed by atoms with van der Waals surface area (Å²) < 4.78 is 1.74. The number of nitrogens with zero attached hydrogens (tertiary/aromatic N) is 4. The highest BCUT2D eigenvalue weighted by Gasteiger charge is 2.14. The monoisotopic (exact) mass is 279 g/mol. The number of aromatic nitrogens is 4. The van der Waals surface area contributed by atoms with Crippen LogP contribution in [0.3, 0.4) is 0 Å². The first-order valence-electron chi connectivity index (χ1n) is 6.79. The number of hydrogen-bond donors (Lipinski definition) is 1. The predicted molar refractivity (Wildman–Crippen MR) is 83.2 cm³/mol. The number of rotatable bonds is 2. The third-order valence-electron chi connectivity index (χ3n) is 3.82. The number of hydrogen-bond acceptors (Lipinski definition) is 4. The molecule has 0 fully saturated rings. The van der Waals surface area contributed by atoms with E-state index in [0.717, 1.165) is 22.5 Å². The van der Waals surface area contributed by atoms with Gasteiger partial charge in [-0.2, -0.15) is 4.68 Å². The summed E-state index contributed by atoms with van der Waals surface area (Å²) in [6.07, 6.45) is 0. The van der Waals surface area contributed by atoms with Gasteiger partial charge in [-0.1, -0.05) is 18.2 Å². The number of benzene rings is 2. The van der Waals surface area contributed by atoms with Crippen molar-refractivity contribution in [3.63, 3.8) is 0 Å². The maximum absolute atomic E-state index is 5.98. The average molecular weight is 279 g/mol. The Hall–Kier alpha value is -2.69. The van der Waals surface area contributed by atoms with E-state index in [1.807, 2.05) is 31.2 Å². The molecule has 1 heterocycles. The van der Waals surface area contributed by atoms with E-state index in [4.69, 9.17) is 5.73 Å². The van der Waals surface area contributed by atoms with Gasteiger partial charge in [0, 0.05) is 11.3 Å². The van der Waals surface area contributed by atoms with Gasteiger partial charge in [0.15, 0.2) is 5.82 Å². The predicted octanol–water partition coefficient (Wildman–Crippen LogP) is 2.84. The molecule has 0 atom stereocenters. The second-order valence-electron chi connectivity index (χ2n) is 5.20. The minimum atomic E-state index is 0.697. The fourth-order valence-corrected chi connectivity index (χ4v) is 2.28. The molecule has 0 bridgehead atoms. The van der Waals surface area contributed by atoms with E-state index in [2.05, 4.69) is 41.5 Å². The van der Waals surface area contributed by atoms with Gasteiger partial charge in [0.05, 0.1) is 5.69 Å². The molecule has 2 N–H and O–H groups in total. The van der Waals surface area contributed by atoms with Crippen LogP contribution in [0.5, 0.6) is 0 Å². The molecule has 3 rings (SSSR count). The van der Waals surface area contributed by atoms with Crippen molar-refractivity contribution in [2.45, 2.75) is 20.8 Å². The zero-order chi connectivity index (χ0) is 15.0. The minimum Gasteiger partial charge on any atom is -0.398 e. The Bertz CT molecular complexity index is 804. The summed E-state index contributed by atoms with van der Waals surface area (Å²) in [4.78, 5) is 0. The van der Waals surface area contributed by atoms with E-state index in [9.17, 15) is 0 Å². The van der Waals surface area contributed by atoms with Crippen LogP contribution >= 0.6 is 0 Å². The molecule has 0 spiro atoms.